The van der Waals surface area contributed by atoms with Crippen molar-refractivity contribution in [1.29, 1.82) is 0 Å². The van der Waals surface area contributed by atoms with Crippen molar-refractivity contribution in [3.8, 4) is 0 Å². The summed E-state index contributed by atoms with van der Waals surface area (Å²) < 4.78 is 37.8. The lowest BCUT2D eigenvalue weighted by Crippen LogP contribution is -2.08. The maximum Gasteiger partial charge on any atom is 0.416 e. The van der Waals surface area contributed by atoms with Gasteiger partial charge < -0.3 is 5.11 Å². The molecule has 0 bridgehead atoms. The zero-order valence-corrected chi connectivity index (χ0v) is 10.9. The van der Waals surface area contributed by atoms with Crippen molar-refractivity contribution in [1.82, 2.24) is 4.98 Å². The summed E-state index contributed by atoms with van der Waals surface area (Å²) >= 11 is 0. The van der Waals surface area contributed by atoms with Crippen LogP contribution in [0.4, 0.5) is 13.2 Å². The molecule has 20 heavy (non-hydrogen) atoms. The summed E-state index contributed by atoms with van der Waals surface area (Å²) in [6.45, 7) is 1.87. The van der Waals surface area contributed by atoms with Gasteiger partial charge in [0.25, 0.3) is 0 Å². The first-order chi connectivity index (χ1) is 9.36. The summed E-state index contributed by atoms with van der Waals surface area (Å²) in [7, 11) is 0. The van der Waals surface area contributed by atoms with E-state index in [0.29, 0.717) is 11.3 Å². The first kappa shape index (κ1) is 14.5. The molecule has 2 rings (SSSR count). The normalized spacial score (nSPS) is 13.2. The minimum Gasteiger partial charge on any atom is -0.386 e. The van der Waals surface area contributed by atoms with E-state index < -0.39 is 17.8 Å². The number of pyridine rings is 1. The number of aromatic nitrogens is 1. The number of rotatable bonds is 3. The minimum absolute atomic E-state index is 0.0972. The second kappa shape index (κ2) is 5.63. The third kappa shape index (κ3) is 3.57. The standard InChI is InChI=1S/C15H14F3NO/c1-10-5-6-13(19-9-10)14(20)8-11-3-2-4-12(7-11)15(16,17)18/h2-7,9,14,20H,8H2,1H3. The van der Waals surface area contributed by atoms with E-state index >= 15 is 0 Å². The Bertz CT molecular complexity index is 578. The summed E-state index contributed by atoms with van der Waals surface area (Å²) in [6.07, 6.45) is -3.58. The molecule has 0 radical (unpaired) electrons. The lowest BCUT2D eigenvalue weighted by atomic mass is 10.0. The monoisotopic (exact) mass is 281 g/mol. The number of aryl methyl sites for hydroxylation is 1. The summed E-state index contributed by atoms with van der Waals surface area (Å²) in [6, 6.07) is 8.45. The Morgan fingerprint density at radius 1 is 1.20 bits per heavy atom. The molecule has 1 atom stereocenters. The van der Waals surface area contributed by atoms with Gasteiger partial charge in [-0.15, -0.1) is 0 Å². The van der Waals surface area contributed by atoms with E-state index in [0.717, 1.165) is 17.7 Å². The molecule has 106 valence electrons. The van der Waals surface area contributed by atoms with Crippen molar-refractivity contribution >= 4 is 0 Å². The van der Waals surface area contributed by atoms with Gasteiger partial charge in [-0.1, -0.05) is 24.3 Å². The second-order valence-electron chi connectivity index (χ2n) is 4.68. The Morgan fingerprint density at radius 2 is 1.95 bits per heavy atom. The number of halogens is 3. The highest BCUT2D eigenvalue weighted by atomic mass is 19.4. The van der Waals surface area contributed by atoms with Gasteiger partial charge in [-0.25, -0.2) is 0 Å². The Morgan fingerprint density at radius 3 is 2.55 bits per heavy atom. The van der Waals surface area contributed by atoms with E-state index in [2.05, 4.69) is 4.98 Å². The SMILES string of the molecule is Cc1ccc(C(O)Cc2cccc(C(F)(F)F)c2)nc1. The molecule has 1 aromatic heterocycles. The smallest absolute Gasteiger partial charge is 0.386 e. The summed E-state index contributed by atoms with van der Waals surface area (Å²) in [5.74, 6) is 0. The Labute approximate surface area is 114 Å². The largest absolute Gasteiger partial charge is 0.416 e. The van der Waals surface area contributed by atoms with Crippen LogP contribution >= 0.6 is 0 Å². The molecular weight excluding hydrogens is 267 g/mol. The topological polar surface area (TPSA) is 33.1 Å². The van der Waals surface area contributed by atoms with Crippen molar-refractivity contribution in [2.24, 2.45) is 0 Å². The van der Waals surface area contributed by atoms with Crippen molar-refractivity contribution in [2.45, 2.75) is 25.6 Å². The molecule has 5 heteroatoms. The van der Waals surface area contributed by atoms with Gasteiger partial charge in [-0.2, -0.15) is 13.2 Å². The Balaban J connectivity index is 2.15. The fourth-order valence-corrected chi connectivity index (χ4v) is 1.88. The molecule has 1 N–H and O–H groups in total. The first-order valence-electron chi connectivity index (χ1n) is 6.13. The van der Waals surface area contributed by atoms with Crippen LogP contribution in [0.3, 0.4) is 0 Å². The van der Waals surface area contributed by atoms with Crippen molar-refractivity contribution in [3.05, 3.63) is 65.0 Å². The van der Waals surface area contributed by atoms with Crippen LogP contribution in [-0.2, 0) is 12.6 Å². The highest BCUT2D eigenvalue weighted by Crippen LogP contribution is 2.30. The number of alkyl halides is 3. The average Bonchev–Trinajstić information content (AvgIpc) is 2.38. The zero-order chi connectivity index (χ0) is 14.8. The predicted molar refractivity (Wildman–Crippen MR) is 69.1 cm³/mol. The van der Waals surface area contributed by atoms with Gasteiger partial charge in [-0.05, 0) is 30.2 Å². The van der Waals surface area contributed by atoms with Crippen LogP contribution in [0.25, 0.3) is 0 Å². The zero-order valence-electron chi connectivity index (χ0n) is 10.9. The molecule has 0 spiro atoms. The fourth-order valence-electron chi connectivity index (χ4n) is 1.88. The van der Waals surface area contributed by atoms with Crippen molar-refractivity contribution in [3.63, 3.8) is 0 Å². The van der Waals surface area contributed by atoms with Gasteiger partial charge in [0.1, 0.15) is 0 Å². The molecule has 0 saturated carbocycles. The Hall–Kier alpha value is -1.88. The number of nitrogens with zero attached hydrogens (tertiary/aromatic N) is 1. The van der Waals surface area contributed by atoms with Gasteiger partial charge in [0.15, 0.2) is 0 Å². The summed E-state index contributed by atoms with van der Waals surface area (Å²) in [5.41, 5.74) is 1.13. The number of hydrogen-bond acceptors (Lipinski definition) is 2. The van der Waals surface area contributed by atoms with Crippen LogP contribution in [0, 0.1) is 6.92 Å². The minimum atomic E-state index is -4.37. The molecule has 0 aliphatic rings. The molecule has 2 nitrogen and oxygen atoms in total. The third-order valence-electron chi connectivity index (χ3n) is 2.96. The second-order valence-corrected chi connectivity index (χ2v) is 4.68. The predicted octanol–water partition coefficient (Wildman–Crippen LogP) is 3.68. The molecule has 0 amide bonds. The van der Waals surface area contributed by atoms with Gasteiger partial charge >= 0.3 is 6.18 Å². The first-order valence-corrected chi connectivity index (χ1v) is 6.13. The van der Waals surface area contributed by atoms with Gasteiger partial charge in [0, 0.05) is 12.6 Å². The van der Waals surface area contributed by atoms with Crippen LogP contribution in [0.5, 0.6) is 0 Å². The maximum absolute atomic E-state index is 12.6. The van der Waals surface area contributed by atoms with Crippen molar-refractivity contribution in [2.75, 3.05) is 0 Å². The lowest BCUT2D eigenvalue weighted by molar-refractivity contribution is -0.137. The number of benzene rings is 1. The molecule has 0 aliphatic heterocycles. The average molecular weight is 281 g/mol. The molecule has 0 saturated heterocycles. The van der Waals surface area contributed by atoms with Crippen LogP contribution in [0.2, 0.25) is 0 Å². The molecular formula is C15H14F3NO. The number of aliphatic hydroxyl groups excluding tert-OH is 1. The number of aliphatic hydroxyl groups is 1. The number of hydrogen-bond donors (Lipinski definition) is 1. The summed E-state index contributed by atoms with van der Waals surface area (Å²) in [4.78, 5) is 4.07. The molecule has 2 aromatic rings. The van der Waals surface area contributed by atoms with E-state index in [4.69, 9.17) is 0 Å². The molecule has 0 fully saturated rings. The molecule has 0 aliphatic carbocycles. The van der Waals surface area contributed by atoms with Gasteiger partial charge in [-0.3, -0.25) is 4.98 Å². The van der Waals surface area contributed by atoms with E-state index in [1.165, 1.54) is 6.07 Å². The van der Waals surface area contributed by atoms with Gasteiger partial charge in [0.2, 0.25) is 0 Å². The molecule has 1 unspecified atom stereocenters. The molecule has 1 aromatic carbocycles. The highest BCUT2D eigenvalue weighted by Gasteiger charge is 2.30. The van der Waals surface area contributed by atoms with Crippen molar-refractivity contribution < 1.29 is 18.3 Å². The van der Waals surface area contributed by atoms with Crippen LogP contribution in [-0.4, -0.2) is 10.1 Å². The molecule has 1 heterocycles. The highest BCUT2D eigenvalue weighted by molar-refractivity contribution is 5.27. The third-order valence-corrected chi connectivity index (χ3v) is 2.96. The van der Waals surface area contributed by atoms with E-state index in [-0.39, 0.29) is 6.42 Å². The Kier molecular flexibility index (Phi) is 4.09. The quantitative estimate of drug-likeness (QED) is 0.930. The van der Waals surface area contributed by atoms with E-state index in [1.54, 1.807) is 24.4 Å². The fraction of sp³-hybridized carbons (Fsp3) is 0.267. The van der Waals surface area contributed by atoms with Crippen LogP contribution in [0.1, 0.15) is 28.5 Å². The van der Waals surface area contributed by atoms with Crippen LogP contribution in [0.15, 0.2) is 42.6 Å². The van der Waals surface area contributed by atoms with Crippen LogP contribution < -0.4 is 0 Å². The van der Waals surface area contributed by atoms with E-state index in [9.17, 15) is 18.3 Å². The van der Waals surface area contributed by atoms with Gasteiger partial charge in [0.05, 0.1) is 17.4 Å². The maximum atomic E-state index is 12.6. The van der Waals surface area contributed by atoms with E-state index in [1.807, 2.05) is 6.92 Å². The summed E-state index contributed by atoms with van der Waals surface area (Å²) in [5, 5.41) is 10.0. The lowest BCUT2D eigenvalue weighted by Gasteiger charge is -2.12.